The summed E-state index contributed by atoms with van der Waals surface area (Å²) < 4.78 is 65.9. The molecule has 0 radical (unpaired) electrons. The number of piperidine rings is 1. The van der Waals surface area contributed by atoms with Gasteiger partial charge in [0.1, 0.15) is 23.7 Å². The van der Waals surface area contributed by atoms with E-state index in [2.05, 4.69) is 25.0 Å². The fraction of sp³-hybridized carbons (Fsp3) is 0.500. The average Bonchev–Trinajstić information content (AvgIpc) is 3.36. The Labute approximate surface area is 179 Å². The maximum absolute atomic E-state index is 13.1. The summed E-state index contributed by atoms with van der Waals surface area (Å²) in [5.74, 6) is 1.50. The van der Waals surface area contributed by atoms with Crippen molar-refractivity contribution in [3.63, 3.8) is 0 Å². The number of fused-ring (bicyclic) bond motifs is 2. The highest BCUT2D eigenvalue weighted by Crippen LogP contribution is 2.36. The topological polar surface area (TPSA) is 63.0 Å². The molecule has 7 nitrogen and oxygen atoms in total. The minimum absolute atomic E-state index is 0.226. The predicted molar refractivity (Wildman–Crippen MR) is 107 cm³/mol. The molecule has 0 bridgehead atoms. The van der Waals surface area contributed by atoms with E-state index in [4.69, 9.17) is 0 Å². The van der Waals surface area contributed by atoms with Crippen LogP contribution in [0.5, 0.6) is 0 Å². The second-order valence-corrected chi connectivity index (χ2v) is 8.22. The van der Waals surface area contributed by atoms with Gasteiger partial charge in [-0.25, -0.2) is 28.4 Å². The summed E-state index contributed by atoms with van der Waals surface area (Å²) in [6.45, 7) is 2.05. The van der Waals surface area contributed by atoms with Crippen LogP contribution in [0.3, 0.4) is 0 Å². The normalized spacial score (nSPS) is 21.6. The van der Waals surface area contributed by atoms with E-state index in [1.54, 1.807) is 6.20 Å². The minimum atomic E-state index is -4.41. The summed E-state index contributed by atoms with van der Waals surface area (Å²) in [5, 5.41) is 3.94. The molecule has 0 unspecified atom stereocenters. The van der Waals surface area contributed by atoms with Gasteiger partial charge in [-0.15, -0.1) is 0 Å². The van der Waals surface area contributed by atoms with Gasteiger partial charge in [-0.2, -0.15) is 18.3 Å². The van der Waals surface area contributed by atoms with Crippen molar-refractivity contribution < 1.29 is 22.0 Å². The van der Waals surface area contributed by atoms with Crippen molar-refractivity contribution in [2.75, 3.05) is 36.0 Å². The molecule has 2 saturated heterocycles. The lowest BCUT2D eigenvalue weighted by Crippen LogP contribution is -2.40. The SMILES string of the molecule is FC(F)Cn1ncc2ncc(N3C[C@H]4CCN(c5cc(C(F)(F)F)ccn5)C[C@H]4C3)nc21. The third kappa shape index (κ3) is 3.93. The molecule has 2 atom stereocenters. The summed E-state index contributed by atoms with van der Waals surface area (Å²) in [4.78, 5) is 16.9. The highest BCUT2D eigenvalue weighted by molar-refractivity contribution is 5.71. The molecule has 3 aromatic rings. The summed E-state index contributed by atoms with van der Waals surface area (Å²) in [5.41, 5.74) is 0.0573. The lowest BCUT2D eigenvalue weighted by atomic mass is 9.89. The Hall–Kier alpha value is -3.05. The van der Waals surface area contributed by atoms with Crippen LogP contribution in [0, 0.1) is 11.8 Å². The number of nitrogens with zero attached hydrogens (tertiary/aromatic N) is 7. The van der Waals surface area contributed by atoms with Gasteiger partial charge >= 0.3 is 6.18 Å². The zero-order chi connectivity index (χ0) is 22.5. The highest BCUT2D eigenvalue weighted by atomic mass is 19.4. The molecule has 5 heterocycles. The molecule has 170 valence electrons. The fourth-order valence-corrected chi connectivity index (χ4v) is 4.59. The molecular weight excluding hydrogens is 433 g/mol. The average molecular weight is 453 g/mol. The zero-order valence-corrected chi connectivity index (χ0v) is 16.9. The maximum Gasteiger partial charge on any atom is 0.416 e. The number of alkyl halides is 5. The monoisotopic (exact) mass is 453 g/mol. The van der Waals surface area contributed by atoms with E-state index < -0.39 is 24.7 Å². The Morgan fingerprint density at radius 1 is 1.00 bits per heavy atom. The maximum atomic E-state index is 13.1. The number of pyridine rings is 1. The molecule has 12 heteroatoms. The second kappa shape index (κ2) is 7.82. The molecule has 3 aromatic heterocycles. The Bertz CT molecular complexity index is 1120. The van der Waals surface area contributed by atoms with Crippen molar-refractivity contribution in [2.45, 2.75) is 25.6 Å². The molecule has 0 amide bonds. The first-order valence-corrected chi connectivity index (χ1v) is 10.3. The van der Waals surface area contributed by atoms with Crippen LogP contribution in [0.4, 0.5) is 33.6 Å². The molecule has 0 N–H and O–H groups in total. The first-order valence-electron chi connectivity index (χ1n) is 10.3. The van der Waals surface area contributed by atoms with Crippen LogP contribution in [0.1, 0.15) is 12.0 Å². The lowest BCUT2D eigenvalue weighted by molar-refractivity contribution is -0.137. The Balaban J connectivity index is 1.32. The van der Waals surface area contributed by atoms with Crippen LogP contribution >= 0.6 is 0 Å². The molecule has 32 heavy (non-hydrogen) atoms. The van der Waals surface area contributed by atoms with Crippen LogP contribution < -0.4 is 9.80 Å². The van der Waals surface area contributed by atoms with Crippen LogP contribution in [0.15, 0.2) is 30.7 Å². The van der Waals surface area contributed by atoms with Gasteiger partial charge in [-0.3, -0.25) is 0 Å². The van der Waals surface area contributed by atoms with Crippen LogP contribution in [-0.4, -0.2) is 57.3 Å². The van der Waals surface area contributed by atoms with Gasteiger partial charge in [-0.1, -0.05) is 0 Å². The second-order valence-electron chi connectivity index (χ2n) is 8.22. The number of aromatic nitrogens is 5. The van der Waals surface area contributed by atoms with Crippen molar-refractivity contribution in [3.05, 3.63) is 36.3 Å². The molecule has 0 aromatic carbocycles. The van der Waals surface area contributed by atoms with E-state index >= 15 is 0 Å². The third-order valence-electron chi connectivity index (χ3n) is 6.17. The standard InChI is InChI=1S/C20H20F5N7/c21-16(22)11-32-19-15(6-28-32)27-7-18(29-19)31-8-12-2-4-30(9-13(12)10-31)17-5-14(1-3-26-17)20(23,24)25/h1,3,5-7,12-13,16H,2,4,8-11H2/t12-,13+/m1/s1. The van der Waals surface area contributed by atoms with Gasteiger partial charge in [0.25, 0.3) is 6.43 Å². The van der Waals surface area contributed by atoms with E-state index in [1.165, 1.54) is 12.4 Å². The molecule has 5 rings (SSSR count). The summed E-state index contributed by atoms with van der Waals surface area (Å²) in [6, 6.07) is 2.07. The van der Waals surface area contributed by atoms with Gasteiger partial charge in [-0.05, 0) is 30.4 Å². The first kappa shape index (κ1) is 20.8. The van der Waals surface area contributed by atoms with Crippen molar-refractivity contribution in [1.29, 1.82) is 0 Å². The van der Waals surface area contributed by atoms with E-state index in [-0.39, 0.29) is 5.92 Å². The Kier molecular flexibility index (Phi) is 5.09. The largest absolute Gasteiger partial charge is 0.416 e. The molecule has 2 aliphatic rings. The Morgan fingerprint density at radius 3 is 2.56 bits per heavy atom. The van der Waals surface area contributed by atoms with Crippen LogP contribution in [0.2, 0.25) is 0 Å². The predicted octanol–water partition coefficient (Wildman–Crippen LogP) is 3.47. The van der Waals surface area contributed by atoms with Gasteiger partial charge in [0.05, 0.1) is 18.0 Å². The summed E-state index contributed by atoms with van der Waals surface area (Å²) in [7, 11) is 0. The van der Waals surface area contributed by atoms with E-state index in [9.17, 15) is 22.0 Å². The Morgan fingerprint density at radius 2 is 1.78 bits per heavy atom. The quantitative estimate of drug-likeness (QED) is 0.564. The molecule has 2 aliphatic heterocycles. The molecule has 0 aliphatic carbocycles. The lowest BCUT2D eigenvalue weighted by Gasteiger charge is -2.35. The van der Waals surface area contributed by atoms with Crippen LogP contribution in [-0.2, 0) is 12.7 Å². The van der Waals surface area contributed by atoms with E-state index in [1.807, 2.05) is 4.90 Å². The van der Waals surface area contributed by atoms with Gasteiger partial charge in [0.2, 0.25) is 0 Å². The summed E-state index contributed by atoms with van der Waals surface area (Å²) >= 11 is 0. The number of anilines is 2. The minimum Gasteiger partial charge on any atom is -0.356 e. The van der Waals surface area contributed by atoms with Gasteiger partial charge in [0.15, 0.2) is 5.65 Å². The molecule has 2 fully saturated rings. The number of hydrogen-bond donors (Lipinski definition) is 0. The highest BCUT2D eigenvalue weighted by Gasteiger charge is 2.39. The molecule has 0 spiro atoms. The van der Waals surface area contributed by atoms with Crippen molar-refractivity contribution in [2.24, 2.45) is 11.8 Å². The van der Waals surface area contributed by atoms with Crippen molar-refractivity contribution in [1.82, 2.24) is 24.7 Å². The first-order chi connectivity index (χ1) is 15.3. The molecular formula is C20H20F5N7. The summed E-state index contributed by atoms with van der Waals surface area (Å²) in [6.07, 6.45) is -1.92. The number of halogens is 5. The van der Waals surface area contributed by atoms with Crippen LogP contribution in [0.25, 0.3) is 11.2 Å². The van der Waals surface area contributed by atoms with Crippen molar-refractivity contribution in [3.8, 4) is 0 Å². The van der Waals surface area contributed by atoms with Crippen molar-refractivity contribution >= 4 is 22.8 Å². The van der Waals surface area contributed by atoms with Gasteiger partial charge < -0.3 is 9.80 Å². The zero-order valence-electron chi connectivity index (χ0n) is 16.9. The van der Waals surface area contributed by atoms with E-state index in [0.29, 0.717) is 48.4 Å². The number of rotatable bonds is 4. The smallest absolute Gasteiger partial charge is 0.356 e. The van der Waals surface area contributed by atoms with E-state index in [0.717, 1.165) is 29.8 Å². The van der Waals surface area contributed by atoms with Gasteiger partial charge in [0, 0.05) is 32.4 Å². The molecule has 0 saturated carbocycles. The fourth-order valence-electron chi connectivity index (χ4n) is 4.59. The third-order valence-corrected chi connectivity index (χ3v) is 6.17. The number of hydrogen-bond acceptors (Lipinski definition) is 6.